The van der Waals surface area contributed by atoms with Crippen molar-refractivity contribution in [2.75, 3.05) is 14.2 Å². The van der Waals surface area contributed by atoms with Crippen LogP contribution in [0.2, 0.25) is 0 Å². The number of hydrogen-bond acceptors (Lipinski definition) is 3. The van der Waals surface area contributed by atoms with Crippen molar-refractivity contribution in [1.82, 2.24) is 0 Å². The molecular formula is C14H20O3. The SMILES string of the molecule is CCC(C)CC(=O)c1cc(OC)ccc1OC. The number of carbonyl (C=O) groups is 1. The fourth-order valence-corrected chi connectivity index (χ4v) is 1.60. The molecule has 0 radical (unpaired) electrons. The van der Waals surface area contributed by atoms with E-state index in [1.807, 2.05) is 0 Å². The zero-order valence-corrected chi connectivity index (χ0v) is 10.9. The summed E-state index contributed by atoms with van der Waals surface area (Å²) in [5.74, 6) is 1.78. The normalized spacial score (nSPS) is 12.0. The highest BCUT2D eigenvalue weighted by Gasteiger charge is 2.15. The van der Waals surface area contributed by atoms with Gasteiger partial charge in [-0.3, -0.25) is 4.79 Å². The van der Waals surface area contributed by atoms with Crippen molar-refractivity contribution in [3.63, 3.8) is 0 Å². The fraction of sp³-hybridized carbons (Fsp3) is 0.500. The highest BCUT2D eigenvalue weighted by molar-refractivity contribution is 5.99. The third kappa shape index (κ3) is 3.48. The van der Waals surface area contributed by atoms with Crippen LogP contribution in [0, 0.1) is 5.92 Å². The van der Waals surface area contributed by atoms with Crippen molar-refractivity contribution in [3.05, 3.63) is 23.8 Å². The maximum absolute atomic E-state index is 12.1. The lowest BCUT2D eigenvalue weighted by molar-refractivity contribution is 0.0960. The molecule has 0 heterocycles. The van der Waals surface area contributed by atoms with Crippen LogP contribution in [-0.4, -0.2) is 20.0 Å². The zero-order valence-electron chi connectivity index (χ0n) is 10.9. The summed E-state index contributed by atoms with van der Waals surface area (Å²) in [6.45, 7) is 4.16. The highest BCUT2D eigenvalue weighted by atomic mass is 16.5. The molecule has 0 aliphatic rings. The van der Waals surface area contributed by atoms with Crippen LogP contribution >= 0.6 is 0 Å². The van der Waals surface area contributed by atoms with Crippen molar-refractivity contribution < 1.29 is 14.3 Å². The van der Waals surface area contributed by atoms with Gasteiger partial charge in [0.2, 0.25) is 0 Å². The second-order valence-electron chi connectivity index (χ2n) is 4.21. The maximum Gasteiger partial charge on any atom is 0.167 e. The van der Waals surface area contributed by atoms with Crippen LogP contribution < -0.4 is 9.47 Å². The molecule has 3 nitrogen and oxygen atoms in total. The van der Waals surface area contributed by atoms with Gasteiger partial charge < -0.3 is 9.47 Å². The number of hydrogen-bond donors (Lipinski definition) is 0. The molecule has 0 bridgehead atoms. The molecule has 0 saturated heterocycles. The lowest BCUT2D eigenvalue weighted by atomic mass is 9.97. The Hall–Kier alpha value is -1.51. The number of methoxy groups -OCH3 is 2. The maximum atomic E-state index is 12.1. The van der Waals surface area contributed by atoms with Crippen LogP contribution in [0.25, 0.3) is 0 Å². The van der Waals surface area contributed by atoms with Gasteiger partial charge in [-0.25, -0.2) is 0 Å². The van der Waals surface area contributed by atoms with E-state index in [-0.39, 0.29) is 5.78 Å². The summed E-state index contributed by atoms with van der Waals surface area (Å²) in [7, 11) is 3.16. The van der Waals surface area contributed by atoms with Crippen molar-refractivity contribution in [1.29, 1.82) is 0 Å². The Labute approximate surface area is 103 Å². The van der Waals surface area contributed by atoms with E-state index in [0.29, 0.717) is 29.4 Å². The molecule has 1 aromatic carbocycles. The van der Waals surface area contributed by atoms with Gasteiger partial charge in [0.05, 0.1) is 19.8 Å². The first-order valence-corrected chi connectivity index (χ1v) is 5.87. The molecule has 0 fully saturated rings. The van der Waals surface area contributed by atoms with E-state index in [1.165, 1.54) is 0 Å². The number of ether oxygens (including phenoxy) is 2. The lowest BCUT2D eigenvalue weighted by Gasteiger charge is -2.11. The smallest absolute Gasteiger partial charge is 0.167 e. The first-order chi connectivity index (χ1) is 8.12. The predicted molar refractivity (Wildman–Crippen MR) is 67.9 cm³/mol. The molecule has 17 heavy (non-hydrogen) atoms. The largest absolute Gasteiger partial charge is 0.497 e. The Morgan fingerprint density at radius 2 is 2.00 bits per heavy atom. The Kier molecular flexibility index (Phi) is 5.01. The van der Waals surface area contributed by atoms with Crippen LogP contribution in [0.1, 0.15) is 37.0 Å². The van der Waals surface area contributed by atoms with Gasteiger partial charge in [0, 0.05) is 6.42 Å². The van der Waals surface area contributed by atoms with Crippen LogP contribution in [-0.2, 0) is 0 Å². The molecule has 0 N–H and O–H groups in total. The minimum atomic E-state index is 0.107. The first-order valence-electron chi connectivity index (χ1n) is 5.87. The van der Waals surface area contributed by atoms with Crippen LogP contribution in [0.3, 0.4) is 0 Å². The van der Waals surface area contributed by atoms with Crippen molar-refractivity contribution >= 4 is 5.78 Å². The van der Waals surface area contributed by atoms with Gasteiger partial charge in [0.25, 0.3) is 0 Å². The Balaban J connectivity index is 2.97. The van der Waals surface area contributed by atoms with Gasteiger partial charge in [0.15, 0.2) is 5.78 Å². The fourth-order valence-electron chi connectivity index (χ4n) is 1.60. The molecule has 0 spiro atoms. The predicted octanol–water partition coefficient (Wildman–Crippen LogP) is 3.32. The van der Waals surface area contributed by atoms with Gasteiger partial charge in [-0.15, -0.1) is 0 Å². The van der Waals surface area contributed by atoms with Crippen LogP contribution in [0.4, 0.5) is 0 Å². The Morgan fingerprint density at radius 3 is 2.53 bits per heavy atom. The number of rotatable bonds is 6. The molecule has 1 rings (SSSR count). The third-order valence-electron chi connectivity index (χ3n) is 2.94. The second-order valence-corrected chi connectivity index (χ2v) is 4.21. The summed E-state index contributed by atoms with van der Waals surface area (Å²) in [5, 5.41) is 0. The molecule has 1 aromatic rings. The summed E-state index contributed by atoms with van der Waals surface area (Å²) in [5.41, 5.74) is 0.604. The molecule has 0 aromatic heterocycles. The molecule has 0 amide bonds. The average Bonchev–Trinajstić information content (AvgIpc) is 2.37. The van der Waals surface area contributed by atoms with E-state index in [9.17, 15) is 4.79 Å². The minimum absolute atomic E-state index is 0.107. The van der Waals surface area contributed by atoms with Gasteiger partial charge >= 0.3 is 0 Å². The van der Waals surface area contributed by atoms with Crippen molar-refractivity contribution in [2.24, 2.45) is 5.92 Å². The van der Waals surface area contributed by atoms with E-state index < -0.39 is 0 Å². The van der Waals surface area contributed by atoms with Crippen LogP contribution in [0.5, 0.6) is 11.5 Å². The molecule has 1 atom stereocenters. The molecule has 0 aliphatic heterocycles. The monoisotopic (exact) mass is 236 g/mol. The third-order valence-corrected chi connectivity index (χ3v) is 2.94. The standard InChI is InChI=1S/C14H20O3/c1-5-10(2)8-13(15)12-9-11(16-3)6-7-14(12)17-4/h6-7,9-10H,5,8H2,1-4H3. The number of benzene rings is 1. The molecule has 3 heteroatoms. The summed E-state index contributed by atoms with van der Waals surface area (Å²) in [6, 6.07) is 5.30. The number of carbonyl (C=O) groups excluding carboxylic acids is 1. The van der Waals surface area contributed by atoms with Gasteiger partial charge in [0.1, 0.15) is 11.5 Å². The van der Waals surface area contributed by atoms with E-state index in [0.717, 1.165) is 6.42 Å². The van der Waals surface area contributed by atoms with Crippen molar-refractivity contribution in [2.45, 2.75) is 26.7 Å². The Bertz CT molecular complexity index is 385. The van der Waals surface area contributed by atoms with Gasteiger partial charge in [-0.1, -0.05) is 20.3 Å². The molecule has 0 saturated carbocycles. The second kappa shape index (κ2) is 6.28. The number of Topliss-reactive ketones (excluding diaryl/α,β-unsaturated/α-hetero) is 1. The summed E-state index contributed by atoms with van der Waals surface area (Å²) in [6.07, 6.45) is 1.54. The summed E-state index contributed by atoms with van der Waals surface area (Å²) in [4.78, 5) is 12.1. The first kappa shape index (κ1) is 13.6. The van der Waals surface area contributed by atoms with E-state index in [2.05, 4.69) is 13.8 Å². The Morgan fingerprint density at radius 1 is 1.29 bits per heavy atom. The number of ketones is 1. The zero-order chi connectivity index (χ0) is 12.8. The highest BCUT2D eigenvalue weighted by Crippen LogP contribution is 2.26. The quantitative estimate of drug-likeness (QED) is 0.711. The lowest BCUT2D eigenvalue weighted by Crippen LogP contribution is -2.07. The van der Waals surface area contributed by atoms with E-state index in [4.69, 9.17) is 9.47 Å². The molecule has 94 valence electrons. The molecule has 0 aliphatic carbocycles. The minimum Gasteiger partial charge on any atom is -0.497 e. The molecule has 1 unspecified atom stereocenters. The van der Waals surface area contributed by atoms with E-state index >= 15 is 0 Å². The van der Waals surface area contributed by atoms with Gasteiger partial charge in [-0.2, -0.15) is 0 Å². The molecular weight excluding hydrogens is 216 g/mol. The van der Waals surface area contributed by atoms with Crippen LogP contribution in [0.15, 0.2) is 18.2 Å². The summed E-state index contributed by atoms with van der Waals surface area (Å²) >= 11 is 0. The van der Waals surface area contributed by atoms with E-state index in [1.54, 1.807) is 32.4 Å². The topological polar surface area (TPSA) is 35.5 Å². The van der Waals surface area contributed by atoms with Gasteiger partial charge in [-0.05, 0) is 24.1 Å². The summed E-state index contributed by atoms with van der Waals surface area (Å²) < 4.78 is 10.3. The average molecular weight is 236 g/mol. The van der Waals surface area contributed by atoms with Crippen molar-refractivity contribution in [3.8, 4) is 11.5 Å².